The van der Waals surface area contributed by atoms with Gasteiger partial charge in [-0.15, -0.1) is 0 Å². The molecule has 0 fully saturated rings. The average molecular weight is 410 g/mol. The normalized spacial score (nSPS) is 14.5. The monoisotopic (exact) mass is 409 g/mol. The summed E-state index contributed by atoms with van der Waals surface area (Å²) in [5.74, 6) is 0. The van der Waals surface area contributed by atoms with Crippen molar-refractivity contribution in [3.63, 3.8) is 0 Å². The van der Waals surface area contributed by atoms with Crippen molar-refractivity contribution in [3.05, 3.63) is 42.0 Å². The van der Waals surface area contributed by atoms with Crippen molar-refractivity contribution in [1.29, 1.82) is 0 Å². The number of rotatable bonds is 8. The smallest absolute Gasteiger partial charge is 0.0628 e. The van der Waals surface area contributed by atoms with E-state index in [1.54, 1.807) is 0 Å². The molecule has 0 spiro atoms. The number of anilines is 5. The van der Waals surface area contributed by atoms with Crippen LogP contribution in [0.1, 0.15) is 60.1 Å². The van der Waals surface area contributed by atoms with E-state index in [1.807, 2.05) is 0 Å². The molecule has 5 nitrogen and oxygen atoms in total. The summed E-state index contributed by atoms with van der Waals surface area (Å²) in [4.78, 5) is 2.52. The zero-order valence-electron chi connectivity index (χ0n) is 19.6. The number of hydrogen-bond donors (Lipinski definition) is 4. The van der Waals surface area contributed by atoms with E-state index < -0.39 is 0 Å². The van der Waals surface area contributed by atoms with Gasteiger partial charge in [0.2, 0.25) is 0 Å². The number of benzene rings is 2. The highest BCUT2D eigenvalue weighted by Crippen LogP contribution is 2.39. The predicted molar refractivity (Wildman–Crippen MR) is 133 cm³/mol. The molecule has 1 aliphatic heterocycles. The van der Waals surface area contributed by atoms with Gasteiger partial charge in [0.1, 0.15) is 0 Å². The fourth-order valence-corrected chi connectivity index (χ4v) is 4.12. The van der Waals surface area contributed by atoms with Crippen molar-refractivity contribution in [3.8, 4) is 0 Å². The maximum atomic E-state index is 3.67. The topological polar surface area (TPSA) is 51.4 Å². The van der Waals surface area contributed by atoms with Crippen molar-refractivity contribution in [2.45, 2.75) is 72.6 Å². The Hall–Kier alpha value is -2.56. The molecule has 1 aliphatic rings. The minimum absolute atomic E-state index is 0.259. The van der Waals surface area contributed by atoms with Gasteiger partial charge in [0.05, 0.1) is 17.4 Å². The second-order valence-corrected chi connectivity index (χ2v) is 9.23. The quantitative estimate of drug-likeness (QED) is 0.422. The van der Waals surface area contributed by atoms with Crippen LogP contribution in [0.2, 0.25) is 0 Å². The molecule has 164 valence electrons. The van der Waals surface area contributed by atoms with Gasteiger partial charge in [0, 0.05) is 48.3 Å². The van der Waals surface area contributed by atoms with Gasteiger partial charge in [0.15, 0.2) is 0 Å². The molecule has 0 amide bonds. The highest BCUT2D eigenvalue weighted by atomic mass is 15.2. The second kappa shape index (κ2) is 9.50. The van der Waals surface area contributed by atoms with Gasteiger partial charge in [-0.1, -0.05) is 6.07 Å². The molecular formula is C25H39N5. The number of nitrogens with one attached hydrogen (secondary N) is 4. The summed E-state index contributed by atoms with van der Waals surface area (Å²) in [6.07, 6.45) is 0. The van der Waals surface area contributed by atoms with Crippen molar-refractivity contribution >= 4 is 28.4 Å². The summed E-state index contributed by atoms with van der Waals surface area (Å²) in [5.41, 5.74) is 7.33. The highest BCUT2D eigenvalue weighted by molar-refractivity contribution is 5.78. The van der Waals surface area contributed by atoms with E-state index in [1.165, 1.54) is 28.3 Å². The lowest BCUT2D eigenvalue weighted by molar-refractivity contribution is 0.668. The van der Waals surface area contributed by atoms with Crippen molar-refractivity contribution in [1.82, 2.24) is 0 Å². The van der Waals surface area contributed by atoms with Gasteiger partial charge in [-0.3, -0.25) is 0 Å². The fraction of sp³-hybridized carbons (Fsp3) is 0.520. The molecule has 2 aromatic rings. The predicted octanol–water partition coefficient (Wildman–Crippen LogP) is 6.14. The number of nitrogens with zero attached hydrogens (tertiary/aromatic N) is 1. The molecule has 0 saturated carbocycles. The van der Waals surface area contributed by atoms with Gasteiger partial charge >= 0.3 is 0 Å². The van der Waals surface area contributed by atoms with Crippen LogP contribution in [0.25, 0.3) is 0 Å². The standard InChI is InChI=1S/C25H39N5/c1-16(2)27-20-8-10-22(24(14-20)29-18(5)6)19(7)30-13-12-26-23-11-9-21(15-25(23)30)28-17(3)4/h8-11,14-19,26-29H,12-13H2,1-7H3. The van der Waals surface area contributed by atoms with Gasteiger partial charge in [-0.25, -0.2) is 0 Å². The summed E-state index contributed by atoms with van der Waals surface area (Å²) < 4.78 is 0. The van der Waals surface area contributed by atoms with E-state index >= 15 is 0 Å². The number of fused-ring (bicyclic) bond motifs is 1. The Morgan fingerprint density at radius 1 is 0.767 bits per heavy atom. The van der Waals surface area contributed by atoms with E-state index in [9.17, 15) is 0 Å². The second-order valence-electron chi connectivity index (χ2n) is 9.23. The molecule has 0 bridgehead atoms. The molecular weight excluding hydrogens is 370 g/mol. The minimum Gasteiger partial charge on any atom is -0.383 e. The Morgan fingerprint density at radius 3 is 2.00 bits per heavy atom. The van der Waals surface area contributed by atoms with Crippen LogP contribution >= 0.6 is 0 Å². The molecule has 1 unspecified atom stereocenters. The molecule has 3 rings (SSSR count). The lowest BCUT2D eigenvalue weighted by Crippen LogP contribution is -2.36. The Bertz CT molecular complexity index is 843. The maximum absolute atomic E-state index is 3.67. The van der Waals surface area contributed by atoms with Crippen LogP contribution in [-0.4, -0.2) is 31.2 Å². The van der Waals surface area contributed by atoms with Gasteiger partial charge < -0.3 is 26.2 Å². The summed E-state index contributed by atoms with van der Waals surface area (Å²) >= 11 is 0. The minimum atomic E-state index is 0.259. The summed E-state index contributed by atoms with van der Waals surface area (Å²) in [6, 6.07) is 14.8. The van der Waals surface area contributed by atoms with E-state index in [4.69, 9.17) is 0 Å². The fourth-order valence-electron chi connectivity index (χ4n) is 4.12. The largest absolute Gasteiger partial charge is 0.383 e. The molecule has 5 heteroatoms. The Kier molecular flexibility index (Phi) is 7.01. The summed E-state index contributed by atoms with van der Waals surface area (Å²) in [7, 11) is 0. The lowest BCUT2D eigenvalue weighted by atomic mass is 10.0. The first-order chi connectivity index (χ1) is 14.2. The Labute approximate surface area is 182 Å². The first-order valence-corrected chi connectivity index (χ1v) is 11.3. The van der Waals surface area contributed by atoms with Crippen LogP contribution in [-0.2, 0) is 0 Å². The van der Waals surface area contributed by atoms with Crippen LogP contribution < -0.4 is 26.2 Å². The van der Waals surface area contributed by atoms with Crippen LogP contribution in [0.4, 0.5) is 28.4 Å². The van der Waals surface area contributed by atoms with Crippen molar-refractivity contribution in [2.75, 3.05) is 39.3 Å². The zero-order chi connectivity index (χ0) is 21.8. The van der Waals surface area contributed by atoms with Crippen molar-refractivity contribution < 1.29 is 0 Å². The zero-order valence-corrected chi connectivity index (χ0v) is 19.6. The summed E-state index contributed by atoms with van der Waals surface area (Å²) in [6.45, 7) is 17.3. The Balaban J connectivity index is 1.95. The first kappa shape index (κ1) is 22.1. The highest BCUT2D eigenvalue weighted by Gasteiger charge is 2.25. The lowest BCUT2D eigenvalue weighted by Gasteiger charge is -2.38. The van der Waals surface area contributed by atoms with E-state index in [-0.39, 0.29) is 6.04 Å². The summed E-state index contributed by atoms with van der Waals surface area (Å²) in [5, 5.41) is 14.3. The van der Waals surface area contributed by atoms with Crippen LogP contribution in [0.15, 0.2) is 36.4 Å². The SMILES string of the molecule is CC(C)Nc1ccc(C(C)N2CCNc3ccc(NC(C)C)cc32)c(NC(C)C)c1. The third-order valence-corrected chi connectivity index (χ3v) is 5.30. The van der Waals surface area contributed by atoms with E-state index in [0.717, 1.165) is 18.8 Å². The van der Waals surface area contributed by atoms with Crippen LogP contribution in [0.5, 0.6) is 0 Å². The van der Waals surface area contributed by atoms with Gasteiger partial charge in [-0.2, -0.15) is 0 Å². The molecule has 30 heavy (non-hydrogen) atoms. The van der Waals surface area contributed by atoms with Crippen molar-refractivity contribution in [2.24, 2.45) is 0 Å². The van der Waals surface area contributed by atoms with Crippen LogP contribution in [0.3, 0.4) is 0 Å². The third-order valence-electron chi connectivity index (χ3n) is 5.30. The average Bonchev–Trinajstić information content (AvgIpc) is 2.66. The third kappa shape index (κ3) is 5.32. The molecule has 0 aromatic heterocycles. The molecule has 0 radical (unpaired) electrons. The van der Waals surface area contributed by atoms with Crippen LogP contribution in [0, 0.1) is 0 Å². The molecule has 4 N–H and O–H groups in total. The van der Waals surface area contributed by atoms with E-state index in [0.29, 0.717) is 18.1 Å². The maximum Gasteiger partial charge on any atom is 0.0628 e. The van der Waals surface area contributed by atoms with E-state index in [2.05, 4.69) is 111 Å². The van der Waals surface area contributed by atoms with Gasteiger partial charge in [-0.05, 0) is 84.4 Å². The molecule has 2 aromatic carbocycles. The number of hydrogen-bond acceptors (Lipinski definition) is 5. The Morgan fingerprint density at radius 2 is 1.37 bits per heavy atom. The first-order valence-electron chi connectivity index (χ1n) is 11.3. The molecule has 0 aliphatic carbocycles. The van der Waals surface area contributed by atoms with Gasteiger partial charge in [0.25, 0.3) is 0 Å². The molecule has 1 heterocycles. The molecule has 1 atom stereocenters. The molecule has 0 saturated heterocycles.